The number of nitrogens with one attached hydrogen (secondary N) is 1. The molecule has 6 heteroatoms. The maximum absolute atomic E-state index is 11.0. The average Bonchev–Trinajstić information content (AvgIpc) is 2.77. The molecule has 0 aliphatic rings. The molecule has 6 nitrogen and oxygen atoms in total. The van der Waals surface area contributed by atoms with Gasteiger partial charge in [-0.05, 0) is 12.5 Å². The molecule has 0 fully saturated rings. The Balaban J connectivity index is 2.46. The number of nitro benzene ring substituents is 1. The van der Waals surface area contributed by atoms with Gasteiger partial charge in [0, 0.05) is 49.1 Å². The molecular formula is C15H20N4O2. The van der Waals surface area contributed by atoms with Gasteiger partial charge in [-0.25, -0.2) is 0 Å². The van der Waals surface area contributed by atoms with Gasteiger partial charge in [0.25, 0.3) is 5.69 Å². The molecule has 0 saturated heterocycles. The minimum atomic E-state index is -0.377. The molecule has 1 heterocycles. The van der Waals surface area contributed by atoms with E-state index in [1.807, 2.05) is 20.2 Å². The van der Waals surface area contributed by atoms with E-state index in [1.54, 1.807) is 16.8 Å². The first-order chi connectivity index (χ1) is 9.88. The summed E-state index contributed by atoms with van der Waals surface area (Å²) in [6.07, 6.45) is 1.95. The third kappa shape index (κ3) is 3.46. The van der Waals surface area contributed by atoms with Crippen LogP contribution >= 0.6 is 0 Å². The molecule has 0 amide bonds. The van der Waals surface area contributed by atoms with Gasteiger partial charge >= 0.3 is 0 Å². The van der Waals surface area contributed by atoms with E-state index >= 15 is 0 Å². The van der Waals surface area contributed by atoms with Gasteiger partial charge in [0.1, 0.15) is 0 Å². The summed E-state index contributed by atoms with van der Waals surface area (Å²) in [4.78, 5) is 10.6. The maximum Gasteiger partial charge on any atom is 0.270 e. The van der Waals surface area contributed by atoms with Gasteiger partial charge in [-0.1, -0.05) is 19.9 Å². The highest BCUT2D eigenvalue weighted by Gasteiger charge is 2.16. The molecule has 2 aromatic rings. The Kier molecular flexibility index (Phi) is 4.37. The molecule has 112 valence electrons. The van der Waals surface area contributed by atoms with Crippen molar-refractivity contribution in [1.29, 1.82) is 0 Å². The van der Waals surface area contributed by atoms with Crippen LogP contribution in [0.4, 0.5) is 5.69 Å². The van der Waals surface area contributed by atoms with Crippen LogP contribution in [-0.2, 0) is 13.6 Å². The van der Waals surface area contributed by atoms with Crippen LogP contribution in [0.15, 0.2) is 24.4 Å². The highest BCUT2D eigenvalue weighted by atomic mass is 16.6. The monoisotopic (exact) mass is 288 g/mol. The predicted molar refractivity (Wildman–Crippen MR) is 82.0 cm³/mol. The van der Waals surface area contributed by atoms with E-state index in [1.165, 1.54) is 6.07 Å². The van der Waals surface area contributed by atoms with E-state index in [-0.39, 0.29) is 10.6 Å². The number of non-ortho nitro benzene ring substituents is 1. The fourth-order valence-electron chi connectivity index (χ4n) is 2.19. The Labute approximate surface area is 123 Å². The van der Waals surface area contributed by atoms with Gasteiger partial charge in [-0.2, -0.15) is 5.10 Å². The van der Waals surface area contributed by atoms with Crippen LogP contribution in [0.3, 0.4) is 0 Å². The molecule has 0 radical (unpaired) electrons. The summed E-state index contributed by atoms with van der Waals surface area (Å²) in [6.45, 7) is 6.78. The number of nitrogens with zero attached hydrogens (tertiary/aromatic N) is 3. The van der Waals surface area contributed by atoms with Gasteiger partial charge in [0.05, 0.1) is 10.6 Å². The first-order valence-corrected chi connectivity index (χ1v) is 6.89. The van der Waals surface area contributed by atoms with E-state index in [0.29, 0.717) is 12.6 Å². The van der Waals surface area contributed by atoms with E-state index in [9.17, 15) is 10.1 Å². The molecule has 0 atom stereocenters. The lowest BCUT2D eigenvalue weighted by atomic mass is 10.0. The number of aromatic nitrogens is 2. The van der Waals surface area contributed by atoms with Gasteiger partial charge in [-0.3, -0.25) is 14.8 Å². The van der Waals surface area contributed by atoms with Gasteiger partial charge in [0.15, 0.2) is 0 Å². The number of aryl methyl sites for hydroxylation is 2. The summed E-state index contributed by atoms with van der Waals surface area (Å²) in [7, 11) is 1.86. The zero-order chi connectivity index (χ0) is 15.6. The molecule has 0 bridgehead atoms. The van der Waals surface area contributed by atoms with Crippen LogP contribution in [0.1, 0.15) is 25.0 Å². The Hall–Kier alpha value is -2.21. The smallest absolute Gasteiger partial charge is 0.270 e. The summed E-state index contributed by atoms with van der Waals surface area (Å²) < 4.78 is 1.74. The molecule has 21 heavy (non-hydrogen) atoms. The average molecular weight is 288 g/mol. The standard InChI is InChI=1S/C15H20N4O2/c1-10(2)16-8-12-9-18(4)17-15(12)14-7-13(19(20)21)6-5-11(14)3/h5-7,9-10,16H,8H2,1-4H3. The van der Waals surface area contributed by atoms with Crippen LogP contribution in [0, 0.1) is 17.0 Å². The van der Waals surface area contributed by atoms with Crippen molar-refractivity contribution in [2.24, 2.45) is 7.05 Å². The van der Waals surface area contributed by atoms with E-state index < -0.39 is 0 Å². The second-order valence-corrected chi connectivity index (χ2v) is 5.47. The quantitative estimate of drug-likeness (QED) is 0.678. The van der Waals surface area contributed by atoms with Crippen molar-refractivity contribution in [2.45, 2.75) is 33.4 Å². The number of nitro groups is 1. The highest BCUT2D eigenvalue weighted by Crippen LogP contribution is 2.29. The van der Waals surface area contributed by atoms with Crippen molar-refractivity contribution in [3.8, 4) is 11.3 Å². The fraction of sp³-hybridized carbons (Fsp3) is 0.400. The topological polar surface area (TPSA) is 73.0 Å². The lowest BCUT2D eigenvalue weighted by molar-refractivity contribution is -0.384. The van der Waals surface area contributed by atoms with Gasteiger partial charge in [-0.15, -0.1) is 0 Å². The van der Waals surface area contributed by atoms with E-state index in [2.05, 4.69) is 24.3 Å². The molecule has 0 aliphatic carbocycles. The minimum absolute atomic E-state index is 0.0871. The molecule has 1 N–H and O–H groups in total. The molecule has 0 unspecified atom stereocenters. The number of hydrogen-bond donors (Lipinski definition) is 1. The van der Waals surface area contributed by atoms with Crippen molar-refractivity contribution >= 4 is 5.69 Å². The molecule has 0 aliphatic heterocycles. The second kappa shape index (κ2) is 6.05. The van der Waals surface area contributed by atoms with E-state index in [4.69, 9.17) is 0 Å². The Morgan fingerprint density at radius 2 is 2.14 bits per heavy atom. The summed E-state index contributed by atoms with van der Waals surface area (Å²) in [5.41, 5.74) is 3.71. The first kappa shape index (κ1) is 15.2. The Morgan fingerprint density at radius 1 is 1.43 bits per heavy atom. The zero-order valence-corrected chi connectivity index (χ0v) is 12.8. The molecular weight excluding hydrogens is 268 g/mol. The van der Waals surface area contributed by atoms with Gasteiger partial charge < -0.3 is 5.32 Å². The second-order valence-electron chi connectivity index (χ2n) is 5.47. The molecule has 1 aromatic heterocycles. The van der Waals surface area contributed by atoms with E-state index in [0.717, 1.165) is 22.4 Å². The maximum atomic E-state index is 11.0. The molecule has 0 saturated carbocycles. The summed E-state index contributed by atoms with van der Waals surface area (Å²) in [6, 6.07) is 5.25. The summed E-state index contributed by atoms with van der Waals surface area (Å²) >= 11 is 0. The molecule has 1 aromatic carbocycles. The predicted octanol–water partition coefficient (Wildman–Crippen LogP) is 2.80. The van der Waals surface area contributed by atoms with Crippen molar-refractivity contribution in [3.05, 3.63) is 45.6 Å². The SMILES string of the molecule is Cc1ccc([N+](=O)[O-])cc1-c1nn(C)cc1CNC(C)C. The third-order valence-corrected chi connectivity index (χ3v) is 3.29. The van der Waals surface area contributed by atoms with Crippen LogP contribution in [-0.4, -0.2) is 20.7 Å². The van der Waals surface area contributed by atoms with Crippen LogP contribution in [0.5, 0.6) is 0 Å². The largest absolute Gasteiger partial charge is 0.310 e. The lowest BCUT2D eigenvalue weighted by Gasteiger charge is -2.09. The van der Waals surface area contributed by atoms with Crippen molar-refractivity contribution in [3.63, 3.8) is 0 Å². The normalized spacial score (nSPS) is 11.1. The summed E-state index contributed by atoms with van der Waals surface area (Å²) in [5.74, 6) is 0. The molecule has 2 rings (SSSR count). The number of hydrogen-bond acceptors (Lipinski definition) is 4. The van der Waals surface area contributed by atoms with Crippen LogP contribution in [0.2, 0.25) is 0 Å². The summed E-state index contributed by atoms with van der Waals surface area (Å²) in [5, 5.41) is 18.8. The number of benzene rings is 1. The lowest BCUT2D eigenvalue weighted by Crippen LogP contribution is -2.21. The van der Waals surface area contributed by atoms with Crippen molar-refractivity contribution in [1.82, 2.24) is 15.1 Å². The minimum Gasteiger partial charge on any atom is -0.310 e. The zero-order valence-electron chi connectivity index (χ0n) is 12.8. The van der Waals surface area contributed by atoms with Crippen LogP contribution < -0.4 is 5.32 Å². The van der Waals surface area contributed by atoms with Crippen molar-refractivity contribution < 1.29 is 4.92 Å². The molecule has 0 spiro atoms. The van der Waals surface area contributed by atoms with Crippen molar-refractivity contribution in [2.75, 3.05) is 0 Å². The fourth-order valence-corrected chi connectivity index (χ4v) is 2.19. The Morgan fingerprint density at radius 3 is 2.76 bits per heavy atom. The van der Waals surface area contributed by atoms with Crippen LogP contribution in [0.25, 0.3) is 11.3 Å². The first-order valence-electron chi connectivity index (χ1n) is 6.89. The Bertz CT molecular complexity index is 662. The third-order valence-electron chi connectivity index (χ3n) is 3.29. The van der Waals surface area contributed by atoms with Gasteiger partial charge in [0.2, 0.25) is 0 Å². The number of rotatable bonds is 5. The highest BCUT2D eigenvalue weighted by molar-refractivity contribution is 5.69.